The average Bonchev–Trinajstić information content (AvgIpc) is 2.43. The van der Waals surface area contributed by atoms with Crippen molar-refractivity contribution >= 4 is 0 Å². The highest BCUT2D eigenvalue weighted by Crippen LogP contribution is 2.15. The molecule has 1 fully saturated rings. The summed E-state index contributed by atoms with van der Waals surface area (Å²) in [4.78, 5) is 0. The topological polar surface area (TPSA) is 0 Å². The van der Waals surface area contributed by atoms with Gasteiger partial charge in [0.05, 0.1) is 0 Å². The second-order valence-electron chi connectivity index (χ2n) is 2.62. The van der Waals surface area contributed by atoms with E-state index in [4.69, 9.17) is 0 Å². The zero-order valence-corrected chi connectivity index (χ0v) is 6.66. The van der Waals surface area contributed by atoms with Gasteiger partial charge in [0.2, 0.25) is 0 Å². The van der Waals surface area contributed by atoms with Crippen LogP contribution in [0.3, 0.4) is 0 Å². The summed E-state index contributed by atoms with van der Waals surface area (Å²) in [6.45, 7) is 5.72. The molecule has 0 heteroatoms. The van der Waals surface area contributed by atoms with Crippen LogP contribution in [0, 0.1) is 6.92 Å². The summed E-state index contributed by atoms with van der Waals surface area (Å²) in [5.41, 5.74) is 0. The quantitative estimate of drug-likeness (QED) is 0.505. The van der Waals surface area contributed by atoms with Gasteiger partial charge >= 0.3 is 0 Å². The van der Waals surface area contributed by atoms with Crippen molar-refractivity contribution in [3.05, 3.63) is 6.92 Å². The van der Waals surface area contributed by atoms with Crippen LogP contribution in [0.15, 0.2) is 0 Å². The summed E-state index contributed by atoms with van der Waals surface area (Å²) in [6.07, 6.45) is 9.78. The molecule has 1 saturated carbocycles. The van der Waals surface area contributed by atoms with Crippen molar-refractivity contribution in [2.24, 2.45) is 0 Å². The van der Waals surface area contributed by atoms with Crippen LogP contribution in [0.2, 0.25) is 0 Å². The Bertz CT molecular complexity index is 25.7. The molecular weight excluding hydrogens is 108 g/mol. The fourth-order valence-electron chi connectivity index (χ4n) is 0.884. The molecule has 55 valence electrons. The van der Waals surface area contributed by atoms with E-state index in [1.54, 1.807) is 0 Å². The largest absolute Gasteiger partial charge is 0.0654 e. The Hall–Kier alpha value is 0. The molecule has 0 aromatic carbocycles. The molecule has 0 heterocycles. The lowest BCUT2D eigenvalue weighted by Gasteiger charge is -1.67. The Morgan fingerprint density at radius 3 is 1.33 bits per heavy atom. The van der Waals surface area contributed by atoms with Crippen molar-refractivity contribution < 1.29 is 0 Å². The van der Waals surface area contributed by atoms with E-state index < -0.39 is 0 Å². The number of hydrogen-bond donors (Lipinski definition) is 0. The highest BCUT2D eigenvalue weighted by Gasteiger charge is 1.95. The van der Waals surface area contributed by atoms with Crippen LogP contribution in [0.5, 0.6) is 0 Å². The van der Waals surface area contributed by atoms with E-state index in [-0.39, 0.29) is 0 Å². The minimum Gasteiger partial charge on any atom is -0.0654 e. The molecule has 0 unspecified atom stereocenters. The highest BCUT2D eigenvalue weighted by atomic mass is 14.0. The van der Waals surface area contributed by atoms with Crippen LogP contribution in [0.4, 0.5) is 0 Å². The predicted octanol–water partition coefficient (Wildman–Crippen LogP) is 3.57. The molecule has 1 radical (unpaired) electrons. The Labute approximate surface area is 59.7 Å². The molecular formula is C9H19. The fourth-order valence-corrected chi connectivity index (χ4v) is 0.884. The maximum atomic E-state index is 3.60. The van der Waals surface area contributed by atoms with E-state index in [9.17, 15) is 0 Å². The molecule has 1 aliphatic rings. The first-order chi connectivity index (χ1) is 4.41. The third-order valence-electron chi connectivity index (χ3n) is 1.60. The SMILES string of the molecule is C1CCCC1.[CH2]CCC. The maximum absolute atomic E-state index is 3.60. The second-order valence-corrected chi connectivity index (χ2v) is 2.62. The van der Waals surface area contributed by atoms with Crippen LogP contribution in [0.25, 0.3) is 0 Å². The molecule has 0 bridgehead atoms. The summed E-state index contributed by atoms with van der Waals surface area (Å²) in [5.74, 6) is 0. The smallest absolute Gasteiger partial charge is 0.0533 e. The van der Waals surface area contributed by atoms with E-state index in [2.05, 4.69) is 13.8 Å². The number of hydrogen-bond acceptors (Lipinski definition) is 0. The van der Waals surface area contributed by atoms with Crippen molar-refractivity contribution in [1.29, 1.82) is 0 Å². The molecule has 1 aliphatic carbocycles. The van der Waals surface area contributed by atoms with Crippen molar-refractivity contribution in [1.82, 2.24) is 0 Å². The summed E-state index contributed by atoms with van der Waals surface area (Å²) in [6, 6.07) is 0. The normalized spacial score (nSPS) is 16.7. The van der Waals surface area contributed by atoms with E-state index in [0.717, 1.165) is 6.42 Å². The summed E-state index contributed by atoms with van der Waals surface area (Å²) in [5, 5.41) is 0. The minimum absolute atomic E-state index is 1.07. The van der Waals surface area contributed by atoms with Gasteiger partial charge in [-0.1, -0.05) is 58.8 Å². The van der Waals surface area contributed by atoms with E-state index in [0.29, 0.717) is 0 Å². The van der Waals surface area contributed by atoms with Crippen LogP contribution >= 0.6 is 0 Å². The van der Waals surface area contributed by atoms with Crippen LogP contribution in [0.1, 0.15) is 51.9 Å². The zero-order chi connectivity index (χ0) is 6.95. The summed E-state index contributed by atoms with van der Waals surface area (Å²) >= 11 is 0. The lowest BCUT2D eigenvalue weighted by atomic mass is 10.4. The standard InChI is InChI=1S/C5H10.C4H9/c1-2-4-5-3-1;1-3-4-2/h1-5H2;1,3-4H2,2H3. The van der Waals surface area contributed by atoms with Crippen molar-refractivity contribution in [2.75, 3.05) is 0 Å². The first-order valence-electron chi connectivity index (χ1n) is 4.21. The molecule has 0 aliphatic heterocycles. The lowest BCUT2D eigenvalue weighted by molar-refractivity contribution is 0.886. The van der Waals surface area contributed by atoms with Crippen LogP contribution in [-0.4, -0.2) is 0 Å². The molecule has 9 heavy (non-hydrogen) atoms. The van der Waals surface area contributed by atoms with E-state index in [1.807, 2.05) is 0 Å². The van der Waals surface area contributed by atoms with E-state index in [1.165, 1.54) is 38.5 Å². The molecule has 0 aromatic heterocycles. The fraction of sp³-hybridized carbons (Fsp3) is 0.889. The first kappa shape index (κ1) is 9.00. The van der Waals surface area contributed by atoms with E-state index >= 15 is 0 Å². The number of unbranched alkanes of at least 4 members (excludes halogenated alkanes) is 1. The highest BCUT2D eigenvalue weighted by molar-refractivity contribution is 4.51. The zero-order valence-electron chi connectivity index (χ0n) is 6.66. The minimum atomic E-state index is 1.07. The Balaban J connectivity index is 0.000000148. The molecule has 1 rings (SSSR count). The van der Waals surface area contributed by atoms with Gasteiger partial charge in [-0.3, -0.25) is 0 Å². The third kappa shape index (κ3) is 8.00. The molecule has 0 atom stereocenters. The van der Waals surface area contributed by atoms with Gasteiger partial charge in [-0.05, 0) is 0 Å². The second kappa shape index (κ2) is 8.00. The molecule has 0 N–H and O–H groups in total. The molecule has 0 nitrogen and oxygen atoms in total. The van der Waals surface area contributed by atoms with Crippen LogP contribution < -0.4 is 0 Å². The van der Waals surface area contributed by atoms with Gasteiger partial charge in [0.1, 0.15) is 0 Å². The van der Waals surface area contributed by atoms with Crippen molar-refractivity contribution in [3.8, 4) is 0 Å². The number of rotatable bonds is 1. The Kier molecular flexibility index (Phi) is 8.00. The van der Waals surface area contributed by atoms with Gasteiger partial charge in [0.25, 0.3) is 0 Å². The molecule has 0 saturated heterocycles. The lowest BCUT2D eigenvalue weighted by Crippen LogP contribution is -1.48. The predicted molar refractivity (Wildman–Crippen MR) is 43.4 cm³/mol. The average molecular weight is 127 g/mol. The first-order valence-corrected chi connectivity index (χ1v) is 4.21. The van der Waals surface area contributed by atoms with Gasteiger partial charge in [-0.15, -0.1) is 0 Å². The van der Waals surface area contributed by atoms with Gasteiger partial charge in [-0.25, -0.2) is 0 Å². The van der Waals surface area contributed by atoms with Gasteiger partial charge in [0.15, 0.2) is 0 Å². The molecule has 0 amide bonds. The Morgan fingerprint density at radius 1 is 1.00 bits per heavy atom. The molecule has 0 aromatic rings. The maximum Gasteiger partial charge on any atom is -0.0533 e. The van der Waals surface area contributed by atoms with Crippen molar-refractivity contribution in [2.45, 2.75) is 51.9 Å². The monoisotopic (exact) mass is 127 g/mol. The van der Waals surface area contributed by atoms with Crippen LogP contribution in [-0.2, 0) is 0 Å². The summed E-state index contributed by atoms with van der Waals surface area (Å²) in [7, 11) is 0. The summed E-state index contributed by atoms with van der Waals surface area (Å²) < 4.78 is 0. The Morgan fingerprint density at radius 2 is 1.22 bits per heavy atom. The van der Waals surface area contributed by atoms with Gasteiger partial charge < -0.3 is 0 Å². The van der Waals surface area contributed by atoms with Gasteiger partial charge in [0, 0.05) is 0 Å². The van der Waals surface area contributed by atoms with Crippen molar-refractivity contribution in [3.63, 3.8) is 0 Å². The van der Waals surface area contributed by atoms with Gasteiger partial charge in [-0.2, -0.15) is 0 Å². The third-order valence-corrected chi connectivity index (χ3v) is 1.60. The molecule has 0 spiro atoms.